The lowest BCUT2D eigenvalue weighted by atomic mass is 10.1. The fourth-order valence-electron chi connectivity index (χ4n) is 3.34. The molecule has 0 radical (unpaired) electrons. The van der Waals surface area contributed by atoms with Crippen LogP contribution in [-0.4, -0.2) is 101 Å². The molecule has 6 amide bonds. The first kappa shape index (κ1) is 37.7. The first-order valence-electron chi connectivity index (χ1n) is 13.3. The maximum atomic E-state index is 12.8. The molecule has 0 aliphatic rings. The second-order valence-corrected chi connectivity index (χ2v) is 9.53. The van der Waals surface area contributed by atoms with Gasteiger partial charge in [0.2, 0.25) is 35.4 Å². The Morgan fingerprint density at radius 1 is 0.690 bits per heavy atom. The second kappa shape index (κ2) is 19.7. The van der Waals surface area contributed by atoms with E-state index in [2.05, 4.69) is 26.6 Å². The minimum absolute atomic E-state index is 0.144. The average molecular weight is 603 g/mol. The lowest BCUT2D eigenvalue weighted by molar-refractivity contribution is -0.142. The lowest BCUT2D eigenvalue weighted by Crippen LogP contribution is -2.57. The molecule has 0 unspecified atom stereocenters. The van der Waals surface area contributed by atoms with Crippen molar-refractivity contribution < 1.29 is 48.6 Å². The van der Waals surface area contributed by atoms with E-state index in [4.69, 9.17) is 22.3 Å². The predicted octanol–water partition coefficient (Wildman–Crippen LogP) is -4.25. The van der Waals surface area contributed by atoms with Gasteiger partial charge in [-0.1, -0.05) is 0 Å². The van der Waals surface area contributed by atoms with Crippen molar-refractivity contribution in [2.45, 2.75) is 89.0 Å². The second-order valence-electron chi connectivity index (χ2n) is 9.53. The summed E-state index contributed by atoms with van der Waals surface area (Å²) in [7, 11) is 0. The fraction of sp³-hybridized carbons (Fsp3) is 0.667. The SMILES string of the molecule is C[C@H](NC(=O)[C@H](C)NC(=O)[C@H](CCC(N)=O)NC(=O)CNC(=O)[C@@H](N)CCC(=O)O)C(=O)N[C@@H](CCCCN)C(=O)O. The number of carbonyl (C=O) groups is 8. The topological polar surface area (TPSA) is 315 Å². The van der Waals surface area contributed by atoms with E-state index in [1.807, 2.05) is 0 Å². The van der Waals surface area contributed by atoms with Crippen LogP contribution in [0.25, 0.3) is 0 Å². The van der Waals surface area contributed by atoms with Crippen LogP contribution in [0.15, 0.2) is 0 Å². The minimum Gasteiger partial charge on any atom is -0.481 e. The van der Waals surface area contributed by atoms with E-state index in [0.717, 1.165) is 0 Å². The largest absolute Gasteiger partial charge is 0.481 e. The van der Waals surface area contributed by atoms with Crippen molar-refractivity contribution in [3.8, 4) is 0 Å². The summed E-state index contributed by atoms with van der Waals surface area (Å²) in [4.78, 5) is 95.3. The minimum atomic E-state index is -1.34. The normalized spacial score (nSPS) is 14.2. The van der Waals surface area contributed by atoms with Crippen LogP contribution in [-0.2, 0) is 38.4 Å². The smallest absolute Gasteiger partial charge is 0.326 e. The summed E-state index contributed by atoms with van der Waals surface area (Å²) in [6.45, 7) is 2.35. The Bertz CT molecular complexity index is 992. The zero-order valence-corrected chi connectivity index (χ0v) is 23.6. The standard InChI is InChI=1S/C24H42N8O10/c1-12(20(37)29-13(2)21(38)32-16(24(41)42)5-3-4-10-25)30-23(40)15(7-8-17(27)33)31-18(34)11-28-22(39)14(26)6-9-19(35)36/h12-16H,3-11,25-26H2,1-2H3,(H2,27,33)(H,28,39)(H,29,37)(H,30,40)(H,31,34)(H,32,38)(H,35,36)(H,41,42)/t12-,13-,14-,15-,16-/m0/s1. The molecular formula is C24H42N8O10. The Labute approximate surface area is 242 Å². The number of nitrogens with two attached hydrogens (primary N) is 3. The van der Waals surface area contributed by atoms with Crippen molar-refractivity contribution in [1.82, 2.24) is 26.6 Å². The average Bonchev–Trinajstić information content (AvgIpc) is 2.91. The molecule has 0 heterocycles. The van der Waals surface area contributed by atoms with Crippen molar-refractivity contribution in [3.63, 3.8) is 0 Å². The van der Waals surface area contributed by atoms with Crippen LogP contribution in [0.2, 0.25) is 0 Å². The van der Waals surface area contributed by atoms with E-state index < -0.39 is 84.1 Å². The number of nitrogens with one attached hydrogen (secondary N) is 5. The number of rotatable bonds is 21. The molecule has 0 rings (SSSR count). The zero-order valence-electron chi connectivity index (χ0n) is 23.6. The molecule has 0 fully saturated rings. The number of hydrogen-bond donors (Lipinski definition) is 10. The van der Waals surface area contributed by atoms with Crippen LogP contribution in [0, 0.1) is 0 Å². The molecule has 238 valence electrons. The lowest BCUT2D eigenvalue weighted by Gasteiger charge is -2.23. The summed E-state index contributed by atoms with van der Waals surface area (Å²) in [5.41, 5.74) is 16.1. The van der Waals surface area contributed by atoms with Crippen LogP contribution >= 0.6 is 0 Å². The van der Waals surface area contributed by atoms with Crippen molar-refractivity contribution in [1.29, 1.82) is 0 Å². The van der Waals surface area contributed by atoms with E-state index in [-0.39, 0.29) is 32.1 Å². The Morgan fingerprint density at radius 3 is 1.79 bits per heavy atom. The van der Waals surface area contributed by atoms with E-state index >= 15 is 0 Å². The van der Waals surface area contributed by atoms with Crippen molar-refractivity contribution in [2.24, 2.45) is 17.2 Å². The number of hydrogen-bond acceptors (Lipinski definition) is 10. The highest BCUT2D eigenvalue weighted by atomic mass is 16.4. The van der Waals surface area contributed by atoms with Gasteiger partial charge in [-0.2, -0.15) is 0 Å². The quantitative estimate of drug-likeness (QED) is 0.0559. The molecule has 0 bridgehead atoms. The molecule has 0 aromatic carbocycles. The molecule has 0 aromatic heterocycles. The van der Waals surface area contributed by atoms with Gasteiger partial charge in [-0.05, 0) is 52.5 Å². The first-order valence-corrected chi connectivity index (χ1v) is 13.3. The van der Waals surface area contributed by atoms with Gasteiger partial charge in [-0.25, -0.2) is 4.79 Å². The Morgan fingerprint density at radius 2 is 1.26 bits per heavy atom. The van der Waals surface area contributed by atoms with Gasteiger partial charge in [0.1, 0.15) is 24.2 Å². The highest BCUT2D eigenvalue weighted by molar-refractivity contribution is 5.95. The summed E-state index contributed by atoms with van der Waals surface area (Å²) < 4.78 is 0. The molecule has 5 atom stereocenters. The molecule has 0 saturated heterocycles. The van der Waals surface area contributed by atoms with Gasteiger partial charge in [0.05, 0.1) is 12.6 Å². The van der Waals surface area contributed by atoms with Crippen LogP contribution in [0.4, 0.5) is 0 Å². The third-order valence-electron chi connectivity index (χ3n) is 5.83. The molecule has 0 aliphatic carbocycles. The molecule has 18 nitrogen and oxygen atoms in total. The van der Waals surface area contributed by atoms with Gasteiger partial charge in [-0.3, -0.25) is 33.6 Å². The monoisotopic (exact) mass is 602 g/mol. The number of carboxylic acids is 2. The van der Waals surface area contributed by atoms with Gasteiger partial charge in [-0.15, -0.1) is 0 Å². The Kier molecular flexibility index (Phi) is 17.7. The molecule has 0 aliphatic heterocycles. The molecule has 0 spiro atoms. The van der Waals surface area contributed by atoms with E-state index in [0.29, 0.717) is 19.4 Å². The number of carbonyl (C=O) groups excluding carboxylic acids is 6. The summed E-state index contributed by atoms with van der Waals surface area (Å²) >= 11 is 0. The van der Waals surface area contributed by atoms with Crippen LogP contribution in [0.5, 0.6) is 0 Å². The summed E-state index contributed by atoms with van der Waals surface area (Å²) in [6, 6.07) is -6.10. The molecule has 0 aromatic rings. The van der Waals surface area contributed by atoms with E-state index in [1.165, 1.54) is 13.8 Å². The van der Waals surface area contributed by atoms with E-state index in [9.17, 15) is 43.5 Å². The van der Waals surface area contributed by atoms with Gasteiger partial charge < -0.3 is 54.0 Å². The van der Waals surface area contributed by atoms with Gasteiger partial charge >= 0.3 is 11.9 Å². The van der Waals surface area contributed by atoms with Crippen LogP contribution < -0.4 is 43.8 Å². The van der Waals surface area contributed by atoms with Gasteiger partial charge in [0.15, 0.2) is 0 Å². The van der Waals surface area contributed by atoms with Gasteiger partial charge in [0.25, 0.3) is 0 Å². The number of amides is 6. The number of carboxylic acid groups (broad SMARTS) is 2. The summed E-state index contributed by atoms with van der Waals surface area (Å²) in [5.74, 6) is -7.25. The maximum absolute atomic E-state index is 12.8. The van der Waals surface area contributed by atoms with Gasteiger partial charge in [0, 0.05) is 12.8 Å². The fourth-order valence-corrected chi connectivity index (χ4v) is 3.34. The number of primary amides is 1. The zero-order chi connectivity index (χ0) is 32.4. The number of unbranched alkanes of at least 4 members (excludes halogenated alkanes) is 1. The third-order valence-corrected chi connectivity index (χ3v) is 5.83. The molecule has 18 heteroatoms. The Hall–Kier alpha value is -4.32. The molecule has 0 saturated carbocycles. The number of aliphatic carboxylic acids is 2. The highest BCUT2D eigenvalue weighted by Gasteiger charge is 2.28. The first-order chi connectivity index (χ1) is 19.6. The third kappa shape index (κ3) is 16.1. The molecular weight excluding hydrogens is 560 g/mol. The summed E-state index contributed by atoms with van der Waals surface area (Å²) in [5, 5.41) is 29.5. The van der Waals surface area contributed by atoms with Crippen LogP contribution in [0.3, 0.4) is 0 Å². The molecule has 42 heavy (non-hydrogen) atoms. The molecule has 13 N–H and O–H groups in total. The predicted molar refractivity (Wildman–Crippen MR) is 146 cm³/mol. The maximum Gasteiger partial charge on any atom is 0.326 e. The van der Waals surface area contributed by atoms with Crippen molar-refractivity contribution in [2.75, 3.05) is 13.1 Å². The van der Waals surface area contributed by atoms with E-state index in [1.54, 1.807) is 0 Å². The Balaban J connectivity index is 5.07. The van der Waals surface area contributed by atoms with Crippen LogP contribution in [0.1, 0.15) is 58.8 Å². The van der Waals surface area contributed by atoms with Crippen molar-refractivity contribution >= 4 is 47.4 Å². The summed E-state index contributed by atoms with van der Waals surface area (Å²) in [6.07, 6.45) is 0.112. The highest BCUT2D eigenvalue weighted by Crippen LogP contribution is 2.03. The van der Waals surface area contributed by atoms with Crippen molar-refractivity contribution in [3.05, 3.63) is 0 Å².